The van der Waals surface area contributed by atoms with E-state index in [1.165, 1.54) is 31.7 Å². The van der Waals surface area contributed by atoms with Gasteiger partial charge in [0.25, 0.3) is 0 Å². The molecule has 0 radical (unpaired) electrons. The molecule has 6 heteroatoms. The Morgan fingerprint density at radius 2 is 1.85 bits per heavy atom. The third-order valence-corrected chi connectivity index (χ3v) is 6.76. The Kier molecular flexibility index (Phi) is 4.42. The third kappa shape index (κ3) is 3.25. The molecule has 2 aromatic carbocycles. The number of hydrogen-bond donors (Lipinski definition) is 2. The van der Waals surface area contributed by atoms with Crippen LogP contribution in [0.5, 0.6) is 0 Å². The second-order valence-corrected chi connectivity index (χ2v) is 8.61. The predicted molar refractivity (Wildman–Crippen MR) is 110 cm³/mol. The molecule has 2 aliphatic rings. The zero-order valence-electron chi connectivity index (χ0n) is 14.4. The first-order valence-electron chi connectivity index (χ1n) is 8.91. The van der Waals surface area contributed by atoms with Crippen molar-refractivity contribution in [2.75, 3.05) is 31.5 Å². The molecule has 0 spiro atoms. The van der Waals surface area contributed by atoms with E-state index in [-0.39, 0.29) is 0 Å². The van der Waals surface area contributed by atoms with E-state index < -0.39 is 0 Å². The molecule has 5 rings (SSSR count). The summed E-state index contributed by atoms with van der Waals surface area (Å²) >= 11 is 3.59. The number of nitrogens with zero attached hydrogens (tertiary/aromatic N) is 2. The molecule has 1 fully saturated rings. The number of fused-ring (bicyclic) bond motifs is 2. The molecular weight excluding hydrogens is 360 g/mol. The Labute approximate surface area is 161 Å². The number of piperazine rings is 1. The van der Waals surface area contributed by atoms with Crippen LogP contribution in [-0.2, 0) is 6.54 Å². The highest BCUT2D eigenvalue weighted by atomic mass is 32.2. The van der Waals surface area contributed by atoms with Crippen molar-refractivity contribution < 1.29 is 0 Å². The van der Waals surface area contributed by atoms with Crippen LogP contribution in [0.25, 0.3) is 11.3 Å². The summed E-state index contributed by atoms with van der Waals surface area (Å²) in [5.41, 5.74) is 4.61. The highest BCUT2D eigenvalue weighted by Crippen LogP contribution is 2.45. The maximum absolute atomic E-state index is 4.89. The summed E-state index contributed by atoms with van der Waals surface area (Å²) in [5.74, 6) is 0. The Hall–Kier alpha value is -1.86. The van der Waals surface area contributed by atoms with Crippen molar-refractivity contribution >= 4 is 34.5 Å². The predicted octanol–water partition coefficient (Wildman–Crippen LogP) is 4.42. The minimum Gasteiger partial charge on any atom is -0.354 e. The van der Waals surface area contributed by atoms with Gasteiger partial charge in [0.15, 0.2) is 0 Å². The van der Waals surface area contributed by atoms with Crippen molar-refractivity contribution in [3.05, 3.63) is 52.9 Å². The number of nitrogens with one attached hydrogen (secondary N) is 2. The van der Waals surface area contributed by atoms with Crippen molar-refractivity contribution in [2.45, 2.75) is 16.3 Å². The Morgan fingerprint density at radius 3 is 2.77 bits per heavy atom. The minimum absolute atomic E-state index is 0.957. The van der Waals surface area contributed by atoms with Gasteiger partial charge in [-0.2, -0.15) is 0 Å². The van der Waals surface area contributed by atoms with E-state index in [0.717, 1.165) is 38.4 Å². The van der Waals surface area contributed by atoms with Crippen molar-refractivity contribution in [3.63, 3.8) is 0 Å². The van der Waals surface area contributed by atoms with Crippen LogP contribution in [-0.4, -0.2) is 36.1 Å². The topological polar surface area (TPSA) is 40.2 Å². The maximum atomic E-state index is 4.89. The van der Waals surface area contributed by atoms with Gasteiger partial charge in [-0.1, -0.05) is 30.0 Å². The van der Waals surface area contributed by atoms with Gasteiger partial charge in [-0.05, 0) is 24.3 Å². The summed E-state index contributed by atoms with van der Waals surface area (Å²) in [6.07, 6.45) is 0. The monoisotopic (exact) mass is 380 g/mol. The van der Waals surface area contributed by atoms with Crippen LogP contribution in [0.1, 0.15) is 5.01 Å². The number of benzene rings is 2. The van der Waals surface area contributed by atoms with Gasteiger partial charge in [-0.3, -0.25) is 4.90 Å². The smallest absolute Gasteiger partial charge is 0.107 e. The first-order valence-corrected chi connectivity index (χ1v) is 10.6. The molecule has 0 aliphatic carbocycles. The Morgan fingerprint density at radius 1 is 1.00 bits per heavy atom. The first kappa shape index (κ1) is 16.3. The van der Waals surface area contributed by atoms with Gasteiger partial charge >= 0.3 is 0 Å². The van der Waals surface area contributed by atoms with Crippen LogP contribution in [0.15, 0.2) is 57.6 Å². The molecule has 0 bridgehead atoms. The van der Waals surface area contributed by atoms with Crippen molar-refractivity contribution in [1.82, 2.24) is 15.2 Å². The summed E-state index contributed by atoms with van der Waals surface area (Å²) in [7, 11) is 0. The van der Waals surface area contributed by atoms with Gasteiger partial charge in [0.2, 0.25) is 0 Å². The molecule has 0 unspecified atom stereocenters. The van der Waals surface area contributed by atoms with Gasteiger partial charge in [-0.15, -0.1) is 11.3 Å². The van der Waals surface area contributed by atoms with E-state index >= 15 is 0 Å². The summed E-state index contributed by atoms with van der Waals surface area (Å²) in [6, 6.07) is 15.1. The van der Waals surface area contributed by atoms with E-state index in [1.54, 1.807) is 11.3 Å². The van der Waals surface area contributed by atoms with Gasteiger partial charge in [-0.25, -0.2) is 4.98 Å². The molecule has 3 aromatic rings. The molecule has 0 atom stereocenters. The summed E-state index contributed by atoms with van der Waals surface area (Å²) in [5, 5.41) is 10.3. The van der Waals surface area contributed by atoms with Crippen molar-refractivity contribution in [3.8, 4) is 11.3 Å². The third-order valence-electron chi connectivity index (χ3n) is 4.77. The molecule has 3 heterocycles. The molecule has 2 N–H and O–H groups in total. The highest BCUT2D eigenvalue weighted by molar-refractivity contribution is 7.99. The zero-order chi connectivity index (χ0) is 17.3. The molecular formula is C20H20N4S2. The van der Waals surface area contributed by atoms with Crippen LogP contribution < -0.4 is 10.6 Å². The highest BCUT2D eigenvalue weighted by Gasteiger charge is 2.17. The second-order valence-electron chi connectivity index (χ2n) is 6.59. The standard InChI is InChI=1S/C20H20N4S2/c1-2-4-18-15(3-1)22-16-11-14(5-6-19(16)26-18)17-13-25-20(23-17)12-24-9-7-21-8-10-24/h1-6,11,13,21-22H,7-10,12H2. The van der Waals surface area contributed by atoms with Crippen LogP contribution in [0.2, 0.25) is 0 Å². The van der Waals surface area contributed by atoms with Crippen molar-refractivity contribution in [1.29, 1.82) is 0 Å². The van der Waals surface area contributed by atoms with Gasteiger partial charge in [0, 0.05) is 46.9 Å². The number of hydrogen-bond acceptors (Lipinski definition) is 6. The average molecular weight is 381 g/mol. The number of rotatable bonds is 3. The fourth-order valence-corrected chi connectivity index (χ4v) is 5.19. The number of anilines is 2. The van der Waals surface area contributed by atoms with Crippen molar-refractivity contribution in [2.24, 2.45) is 0 Å². The zero-order valence-corrected chi connectivity index (χ0v) is 16.0. The van der Waals surface area contributed by atoms with Gasteiger partial charge in [0.1, 0.15) is 5.01 Å². The van der Waals surface area contributed by atoms with Crippen LogP contribution in [0.3, 0.4) is 0 Å². The summed E-state index contributed by atoms with van der Waals surface area (Å²) in [4.78, 5) is 9.91. The fraction of sp³-hybridized carbons (Fsp3) is 0.250. The normalized spacial score (nSPS) is 16.6. The lowest BCUT2D eigenvalue weighted by Crippen LogP contribution is -2.42. The van der Waals surface area contributed by atoms with E-state index in [1.807, 2.05) is 11.8 Å². The second kappa shape index (κ2) is 7.04. The van der Waals surface area contributed by atoms with Gasteiger partial charge in [0.05, 0.1) is 23.6 Å². The molecule has 2 aliphatic heterocycles. The number of thiazole rings is 1. The van der Waals surface area contributed by atoms with E-state index in [4.69, 9.17) is 4.98 Å². The van der Waals surface area contributed by atoms with Crippen LogP contribution in [0, 0.1) is 0 Å². The SMILES string of the molecule is c1ccc2c(c1)Nc1cc(-c3csc(CN4CCNCC4)n3)ccc1S2. The number of para-hydroxylation sites is 1. The maximum Gasteiger partial charge on any atom is 0.107 e. The van der Waals surface area contributed by atoms with Crippen LogP contribution >= 0.6 is 23.1 Å². The van der Waals surface area contributed by atoms with E-state index in [0.29, 0.717) is 0 Å². The van der Waals surface area contributed by atoms with Crippen LogP contribution in [0.4, 0.5) is 11.4 Å². The molecule has 26 heavy (non-hydrogen) atoms. The fourth-order valence-electron chi connectivity index (χ4n) is 3.38. The van der Waals surface area contributed by atoms with Gasteiger partial charge < -0.3 is 10.6 Å². The summed E-state index contributed by atoms with van der Waals surface area (Å²) < 4.78 is 0. The lowest BCUT2D eigenvalue weighted by molar-refractivity contribution is 0.233. The lowest BCUT2D eigenvalue weighted by atomic mass is 10.1. The average Bonchev–Trinajstić information content (AvgIpc) is 3.15. The number of aromatic nitrogens is 1. The molecule has 0 saturated carbocycles. The minimum atomic E-state index is 0.957. The largest absolute Gasteiger partial charge is 0.354 e. The Balaban J connectivity index is 1.37. The molecule has 1 aromatic heterocycles. The van der Waals surface area contributed by atoms with E-state index in [9.17, 15) is 0 Å². The Bertz CT molecular complexity index is 931. The molecule has 0 amide bonds. The molecule has 4 nitrogen and oxygen atoms in total. The first-order chi connectivity index (χ1) is 12.8. The molecule has 132 valence electrons. The molecule has 1 saturated heterocycles. The summed E-state index contributed by atoms with van der Waals surface area (Å²) in [6.45, 7) is 5.32. The lowest BCUT2D eigenvalue weighted by Gasteiger charge is -2.26. The quantitative estimate of drug-likeness (QED) is 0.550. The van der Waals surface area contributed by atoms with E-state index in [2.05, 4.69) is 63.4 Å².